The lowest BCUT2D eigenvalue weighted by atomic mass is 10.0. The highest BCUT2D eigenvalue weighted by Gasteiger charge is 2.44. The van der Waals surface area contributed by atoms with E-state index < -0.39 is 55.4 Å². The summed E-state index contributed by atoms with van der Waals surface area (Å²) in [5, 5.41) is 13.2. The Hall–Kier alpha value is -2.76. The van der Waals surface area contributed by atoms with Crippen LogP contribution in [0.25, 0.3) is 0 Å². The Morgan fingerprint density at radius 1 is 1.23 bits per heavy atom. The second-order valence-electron chi connectivity index (χ2n) is 8.47. The highest BCUT2D eigenvalue weighted by Crippen LogP contribution is 2.46. The fraction of sp³-hybridized carbons (Fsp3) is 0.500. The van der Waals surface area contributed by atoms with E-state index in [1.165, 1.54) is 13.1 Å². The smallest absolute Gasteiger partial charge is 0.459 e. The second kappa shape index (κ2) is 11.3. The first-order valence-electron chi connectivity index (χ1n) is 11.1. The van der Waals surface area contributed by atoms with Gasteiger partial charge in [-0.3, -0.25) is 23.7 Å². The first kappa shape index (κ1) is 26.8. The normalized spacial score (nSPS) is 24.6. The Bertz CT molecular complexity index is 1170. The summed E-state index contributed by atoms with van der Waals surface area (Å²) in [7, 11) is -4.16. The van der Waals surface area contributed by atoms with Gasteiger partial charge < -0.3 is 19.1 Å². The molecule has 0 aliphatic carbocycles. The van der Waals surface area contributed by atoms with Crippen LogP contribution >= 0.6 is 7.75 Å². The van der Waals surface area contributed by atoms with Gasteiger partial charge in [-0.05, 0) is 32.9 Å². The monoisotopic (exact) mass is 511 g/mol. The zero-order valence-electron chi connectivity index (χ0n) is 19.8. The number of aromatic nitrogens is 2. The number of carbonyl (C=O) groups excluding carboxylic acids is 1. The molecule has 3 rings (SSSR count). The molecular weight excluding hydrogens is 481 g/mol. The van der Waals surface area contributed by atoms with Crippen LogP contribution in [0, 0.1) is 5.92 Å². The van der Waals surface area contributed by atoms with E-state index >= 15 is 0 Å². The molecule has 12 nitrogen and oxygen atoms in total. The molecule has 0 amide bonds. The molecule has 1 aliphatic rings. The van der Waals surface area contributed by atoms with Gasteiger partial charge in [-0.1, -0.05) is 25.1 Å². The van der Waals surface area contributed by atoms with Crippen molar-refractivity contribution in [3.05, 3.63) is 63.4 Å². The average Bonchev–Trinajstić information content (AvgIpc) is 3.06. The first-order chi connectivity index (χ1) is 16.5. The number of nitrogens with one attached hydrogen (secondary N) is 2. The molecule has 13 heteroatoms. The van der Waals surface area contributed by atoms with Crippen LogP contribution in [-0.4, -0.2) is 51.6 Å². The predicted molar refractivity (Wildman–Crippen MR) is 125 cm³/mol. The Morgan fingerprint density at radius 2 is 1.91 bits per heavy atom. The maximum absolute atomic E-state index is 13.6. The van der Waals surface area contributed by atoms with Gasteiger partial charge in [0, 0.05) is 18.2 Å². The van der Waals surface area contributed by atoms with Crippen LogP contribution in [0.5, 0.6) is 5.75 Å². The fourth-order valence-electron chi connectivity index (χ4n) is 3.48. The Kier molecular flexibility index (Phi) is 8.68. The third-order valence-electron chi connectivity index (χ3n) is 5.24. The number of hydrogen-bond donors (Lipinski definition) is 3. The second-order valence-corrected chi connectivity index (χ2v) is 10.2. The van der Waals surface area contributed by atoms with Crippen LogP contribution in [0.3, 0.4) is 0 Å². The number of nitrogens with zero attached hydrogens (tertiary/aromatic N) is 1. The predicted octanol–water partition coefficient (Wildman–Crippen LogP) is 1.56. The topological polar surface area (TPSA) is 158 Å². The van der Waals surface area contributed by atoms with Crippen molar-refractivity contribution in [3.8, 4) is 5.75 Å². The summed E-state index contributed by atoms with van der Waals surface area (Å²) in [5.41, 5.74) is -1.26. The maximum Gasteiger partial charge on any atom is 0.459 e. The summed E-state index contributed by atoms with van der Waals surface area (Å²) in [6.07, 6.45) is -2.08. The quantitative estimate of drug-likeness (QED) is 0.316. The van der Waals surface area contributed by atoms with Crippen molar-refractivity contribution in [2.45, 2.75) is 58.3 Å². The summed E-state index contributed by atoms with van der Waals surface area (Å²) < 4.78 is 36.8. The molecule has 3 N–H and O–H groups in total. The van der Waals surface area contributed by atoms with Gasteiger partial charge in [0.15, 0.2) is 0 Å². The van der Waals surface area contributed by atoms with Crippen LogP contribution in [-0.2, 0) is 23.4 Å². The van der Waals surface area contributed by atoms with Crippen LogP contribution in [0.1, 0.15) is 33.9 Å². The van der Waals surface area contributed by atoms with E-state index in [-0.39, 0.29) is 18.5 Å². The fourth-order valence-corrected chi connectivity index (χ4v) is 4.98. The molecule has 0 bridgehead atoms. The molecule has 0 saturated carbocycles. The number of benzene rings is 1. The highest BCUT2D eigenvalue weighted by atomic mass is 31.2. The highest BCUT2D eigenvalue weighted by molar-refractivity contribution is 7.52. The zero-order valence-corrected chi connectivity index (χ0v) is 20.7. The summed E-state index contributed by atoms with van der Waals surface area (Å²) in [6.45, 7) is 6.10. The van der Waals surface area contributed by atoms with Crippen LogP contribution < -0.4 is 20.9 Å². The molecule has 1 aliphatic heterocycles. The standard InChI is InChI=1S/C22H30N3O9P/c1-13(2)32-21(28)15(4)24-35(30,34-16-8-6-5-7-9-16)31-12-17-19(27)14(3)20(33-17)25-11-10-18(26)23-22(25)29/h5-11,13-15,17,19-20,27H,12H2,1-4H3,(H,24,30)(H,23,26,29). The molecule has 35 heavy (non-hydrogen) atoms. The van der Waals surface area contributed by atoms with Crippen LogP contribution in [0.15, 0.2) is 52.2 Å². The van der Waals surface area contributed by atoms with Gasteiger partial charge in [-0.15, -0.1) is 0 Å². The summed E-state index contributed by atoms with van der Waals surface area (Å²) in [5.74, 6) is -0.981. The van der Waals surface area contributed by atoms with Gasteiger partial charge in [0.25, 0.3) is 5.56 Å². The number of aliphatic hydroxyl groups is 1. The molecule has 1 aromatic heterocycles. The average molecular weight is 511 g/mol. The van der Waals surface area contributed by atoms with Gasteiger partial charge in [0.2, 0.25) is 0 Å². The largest absolute Gasteiger partial charge is 0.462 e. The molecule has 192 valence electrons. The minimum absolute atomic E-state index is 0.228. The minimum atomic E-state index is -4.16. The van der Waals surface area contributed by atoms with Crippen LogP contribution in [0.4, 0.5) is 0 Å². The summed E-state index contributed by atoms with van der Waals surface area (Å²) in [6, 6.07) is 8.36. The molecule has 1 saturated heterocycles. The van der Waals surface area contributed by atoms with Crippen molar-refractivity contribution in [3.63, 3.8) is 0 Å². The zero-order chi connectivity index (χ0) is 25.8. The van der Waals surface area contributed by atoms with E-state index in [9.17, 15) is 24.1 Å². The van der Waals surface area contributed by atoms with E-state index in [0.29, 0.717) is 0 Å². The summed E-state index contributed by atoms with van der Waals surface area (Å²) >= 11 is 0. The number of hydrogen-bond acceptors (Lipinski definition) is 9. The van der Waals surface area contributed by atoms with Crippen molar-refractivity contribution < 1.29 is 33.0 Å². The lowest BCUT2D eigenvalue weighted by Crippen LogP contribution is -2.37. The molecule has 1 aromatic carbocycles. The van der Waals surface area contributed by atoms with Gasteiger partial charge >= 0.3 is 19.4 Å². The third-order valence-corrected chi connectivity index (χ3v) is 6.89. The summed E-state index contributed by atoms with van der Waals surface area (Å²) in [4.78, 5) is 37.9. The van der Waals surface area contributed by atoms with Gasteiger partial charge in [0.05, 0.1) is 18.8 Å². The van der Waals surface area contributed by atoms with E-state index in [4.69, 9.17) is 18.5 Å². The number of H-pyrrole nitrogens is 1. The molecule has 2 aromatic rings. The van der Waals surface area contributed by atoms with Crippen molar-refractivity contribution >= 4 is 13.7 Å². The Labute approximate surface area is 201 Å². The molecule has 0 radical (unpaired) electrons. The van der Waals surface area contributed by atoms with Crippen molar-refractivity contribution in [1.29, 1.82) is 0 Å². The molecule has 6 atom stereocenters. The van der Waals surface area contributed by atoms with Gasteiger partial charge in [-0.25, -0.2) is 9.36 Å². The number of aliphatic hydroxyl groups excluding tert-OH is 1. The maximum atomic E-state index is 13.6. The first-order valence-corrected chi connectivity index (χ1v) is 12.7. The Morgan fingerprint density at radius 3 is 2.54 bits per heavy atom. The van der Waals surface area contributed by atoms with E-state index in [2.05, 4.69) is 10.1 Å². The molecule has 1 fully saturated rings. The lowest BCUT2D eigenvalue weighted by molar-refractivity contribution is -0.149. The van der Waals surface area contributed by atoms with E-state index in [0.717, 1.165) is 10.6 Å². The third kappa shape index (κ3) is 6.89. The number of aromatic amines is 1. The van der Waals surface area contributed by atoms with Crippen LogP contribution in [0.2, 0.25) is 0 Å². The minimum Gasteiger partial charge on any atom is -0.462 e. The number of ether oxygens (including phenoxy) is 2. The van der Waals surface area contributed by atoms with Crippen molar-refractivity contribution in [2.24, 2.45) is 5.92 Å². The Balaban J connectivity index is 1.75. The molecular formula is C22H30N3O9P. The number of carbonyl (C=O) groups is 1. The molecule has 2 heterocycles. The van der Waals surface area contributed by atoms with Crippen molar-refractivity contribution in [2.75, 3.05) is 6.61 Å². The lowest BCUT2D eigenvalue weighted by Gasteiger charge is -2.25. The number of rotatable bonds is 10. The van der Waals surface area contributed by atoms with E-state index in [1.54, 1.807) is 51.1 Å². The SMILES string of the molecule is CC(C)OC(=O)C(C)NP(=O)(OCC1OC(n2ccc(=O)[nH]c2=O)C(C)C1O)Oc1ccccc1. The van der Waals surface area contributed by atoms with E-state index in [1.807, 2.05) is 0 Å². The van der Waals surface area contributed by atoms with Gasteiger partial charge in [-0.2, -0.15) is 5.09 Å². The molecule has 6 unspecified atom stereocenters. The van der Waals surface area contributed by atoms with Gasteiger partial charge in [0.1, 0.15) is 24.1 Å². The number of para-hydroxylation sites is 1. The molecule has 0 spiro atoms. The number of esters is 1. The van der Waals surface area contributed by atoms with Crippen molar-refractivity contribution in [1.82, 2.24) is 14.6 Å².